The lowest BCUT2D eigenvalue weighted by atomic mass is 10.2. The lowest BCUT2D eigenvalue weighted by Crippen LogP contribution is -2.48. The highest BCUT2D eigenvalue weighted by Crippen LogP contribution is 2.32. The van der Waals surface area contributed by atoms with Crippen molar-refractivity contribution in [1.29, 1.82) is 0 Å². The highest BCUT2D eigenvalue weighted by Gasteiger charge is 2.47. The van der Waals surface area contributed by atoms with Crippen molar-refractivity contribution in [2.75, 3.05) is 11.7 Å². The second kappa shape index (κ2) is 7.70. The normalized spacial score (nSPS) is 18.7. The van der Waals surface area contributed by atoms with Crippen LogP contribution in [0, 0.1) is 6.92 Å². The quantitative estimate of drug-likeness (QED) is 0.767. The van der Waals surface area contributed by atoms with Crippen LogP contribution in [0.3, 0.4) is 0 Å². The highest BCUT2D eigenvalue weighted by molar-refractivity contribution is 6.16. The third-order valence-corrected chi connectivity index (χ3v) is 5.38. The van der Waals surface area contributed by atoms with Crippen molar-refractivity contribution in [3.05, 3.63) is 53.6 Å². The summed E-state index contributed by atoms with van der Waals surface area (Å²) < 4.78 is 10.6. The Morgan fingerprint density at radius 1 is 1.13 bits per heavy atom. The molecule has 0 aliphatic carbocycles. The van der Waals surface area contributed by atoms with Gasteiger partial charge in [0, 0.05) is 12.2 Å². The van der Waals surface area contributed by atoms with Crippen LogP contribution in [-0.4, -0.2) is 41.6 Å². The molecule has 0 bridgehead atoms. The third kappa shape index (κ3) is 3.45. The second-order valence-corrected chi connectivity index (χ2v) is 7.45. The van der Waals surface area contributed by atoms with E-state index in [-0.39, 0.29) is 13.3 Å². The zero-order valence-corrected chi connectivity index (χ0v) is 17.0. The molecule has 2 aromatic carbocycles. The minimum atomic E-state index is -0.933. The van der Waals surface area contributed by atoms with Crippen LogP contribution in [0.1, 0.15) is 25.0 Å². The van der Waals surface area contributed by atoms with E-state index in [1.807, 2.05) is 25.1 Å². The Labute approximate surface area is 174 Å². The van der Waals surface area contributed by atoms with Gasteiger partial charge in [0.2, 0.25) is 12.7 Å². The minimum Gasteiger partial charge on any atom is -0.454 e. The molecule has 1 fully saturated rings. The SMILES string of the molecule is Cc1ccc(N2C(=O)N([C@@H](C)C(=O)NCc3ccc4c(c3)OCO4)C(=O)[C@H]2C)cc1. The summed E-state index contributed by atoms with van der Waals surface area (Å²) in [6.07, 6.45) is 0. The fraction of sp³-hybridized carbons (Fsp3) is 0.318. The van der Waals surface area contributed by atoms with E-state index in [9.17, 15) is 14.4 Å². The van der Waals surface area contributed by atoms with E-state index >= 15 is 0 Å². The molecule has 0 spiro atoms. The molecular formula is C22H23N3O5. The molecule has 8 nitrogen and oxygen atoms in total. The van der Waals surface area contributed by atoms with Gasteiger partial charge in [-0.3, -0.25) is 14.5 Å². The number of hydrogen-bond acceptors (Lipinski definition) is 5. The van der Waals surface area contributed by atoms with Gasteiger partial charge in [-0.2, -0.15) is 0 Å². The van der Waals surface area contributed by atoms with Gasteiger partial charge in [-0.05, 0) is 50.6 Å². The smallest absolute Gasteiger partial charge is 0.332 e. The molecule has 2 atom stereocenters. The molecule has 2 aliphatic heterocycles. The van der Waals surface area contributed by atoms with Crippen LogP contribution in [0.25, 0.3) is 0 Å². The van der Waals surface area contributed by atoms with Crippen molar-refractivity contribution < 1.29 is 23.9 Å². The maximum Gasteiger partial charge on any atom is 0.332 e. The summed E-state index contributed by atoms with van der Waals surface area (Å²) in [5, 5.41) is 2.78. The molecule has 2 aromatic rings. The van der Waals surface area contributed by atoms with Gasteiger partial charge in [0.15, 0.2) is 11.5 Å². The van der Waals surface area contributed by atoms with E-state index in [4.69, 9.17) is 9.47 Å². The molecule has 1 N–H and O–H groups in total. The number of fused-ring (bicyclic) bond motifs is 1. The average Bonchev–Trinajstić information content (AvgIpc) is 3.29. The number of ether oxygens (including phenoxy) is 2. The number of imide groups is 1. The molecule has 0 unspecified atom stereocenters. The van der Waals surface area contributed by atoms with E-state index in [0.717, 1.165) is 16.0 Å². The summed E-state index contributed by atoms with van der Waals surface area (Å²) in [5.41, 5.74) is 2.51. The standard InChI is InChI=1S/C22H23N3O5/c1-13-4-7-17(8-5-13)24-15(3)21(27)25(22(24)28)14(2)20(26)23-11-16-6-9-18-19(10-16)30-12-29-18/h4-10,14-15H,11-12H2,1-3H3,(H,23,26)/t14-,15+/m0/s1. The summed E-state index contributed by atoms with van der Waals surface area (Å²) in [4.78, 5) is 40.9. The van der Waals surface area contributed by atoms with Crippen molar-refractivity contribution in [3.63, 3.8) is 0 Å². The average molecular weight is 409 g/mol. The number of carbonyl (C=O) groups excluding carboxylic acids is 3. The number of hydrogen-bond donors (Lipinski definition) is 1. The molecule has 4 amide bonds. The Bertz CT molecular complexity index is 1000. The monoisotopic (exact) mass is 409 g/mol. The molecule has 1 saturated heterocycles. The van der Waals surface area contributed by atoms with Crippen molar-refractivity contribution in [2.45, 2.75) is 39.4 Å². The second-order valence-electron chi connectivity index (χ2n) is 7.45. The maximum atomic E-state index is 13.0. The summed E-state index contributed by atoms with van der Waals surface area (Å²) >= 11 is 0. The number of rotatable bonds is 5. The number of nitrogens with one attached hydrogen (secondary N) is 1. The van der Waals surface area contributed by atoms with Gasteiger partial charge in [0.05, 0.1) is 0 Å². The van der Waals surface area contributed by atoms with Crippen LogP contribution in [0.15, 0.2) is 42.5 Å². The van der Waals surface area contributed by atoms with E-state index in [2.05, 4.69) is 5.32 Å². The Hall–Kier alpha value is -3.55. The van der Waals surface area contributed by atoms with Crippen molar-refractivity contribution in [2.24, 2.45) is 0 Å². The first-order chi connectivity index (χ1) is 14.4. The Morgan fingerprint density at radius 2 is 1.83 bits per heavy atom. The number of nitrogens with zero attached hydrogens (tertiary/aromatic N) is 2. The van der Waals surface area contributed by atoms with Gasteiger partial charge >= 0.3 is 6.03 Å². The summed E-state index contributed by atoms with van der Waals surface area (Å²) in [7, 11) is 0. The van der Waals surface area contributed by atoms with Crippen LogP contribution < -0.4 is 19.7 Å². The predicted molar refractivity (Wildman–Crippen MR) is 109 cm³/mol. The summed E-state index contributed by atoms with van der Waals surface area (Å²) in [5.74, 6) is 0.484. The lowest BCUT2D eigenvalue weighted by molar-refractivity contribution is -0.135. The Morgan fingerprint density at radius 3 is 2.57 bits per heavy atom. The molecule has 4 rings (SSSR count). The van der Waals surface area contributed by atoms with Crippen LogP contribution in [-0.2, 0) is 16.1 Å². The van der Waals surface area contributed by atoms with Gasteiger partial charge in [-0.15, -0.1) is 0 Å². The fourth-order valence-corrected chi connectivity index (χ4v) is 3.59. The fourth-order valence-electron chi connectivity index (χ4n) is 3.59. The van der Waals surface area contributed by atoms with Crippen molar-refractivity contribution >= 4 is 23.5 Å². The van der Waals surface area contributed by atoms with Crippen molar-refractivity contribution in [1.82, 2.24) is 10.2 Å². The van der Waals surface area contributed by atoms with Gasteiger partial charge in [0.1, 0.15) is 12.1 Å². The van der Waals surface area contributed by atoms with Gasteiger partial charge in [-0.25, -0.2) is 9.69 Å². The number of aryl methyl sites for hydroxylation is 1. The zero-order chi connectivity index (χ0) is 21.4. The van der Waals surface area contributed by atoms with Crippen LogP contribution in [0.2, 0.25) is 0 Å². The maximum absolute atomic E-state index is 13.0. The Kier molecular flexibility index (Phi) is 5.07. The topological polar surface area (TPSA) is 88.2 Å². The summed E-state index contributed by atoms with van der Waals surface area (Å²) in [6.45, 7) is 5.58. The molecule has 0 aromatic heterocycles. The van der Waals surface area contributed by atoms with Crippen LogP contribution in [0.5, 0.6) is 11.5 Å². The largest absolute Gasteiger partial charge is 0.454 e. The van der Waals surface area contributed by atoms with Crippen LogP contribution >= 0.6 is 0 Å². The Balaban J connectivity index is 1.44. The molecular weight excluding hydrogens is 386 g/mol. The molecule has 2 heterocycles. The molecule has 30 heavy (non-hydrogen) atoms. The number of benzene rings is 2. The van der Waals surface area contributed by atoms with E-state index in [0.29, 0.717) is 17.2 Å². The number of anilines is 1. The molecule has 156 valence electrons. The van der Waals surface area contributed by atoms with Crippen LogP contribution in [0.4, 0.5) is 10.5 Å². The third-order valence-electron chi connectivity index (χ3n) is 5.38. The van der Waals surface area contributed by atoms with E-state index in [1.165, 1.54) is 4.90 Å². The van der Waals surface area contributed by atoms with Gasteiger partial charge < -0.3 is 14.8 Å². The summed E-state index contributed by atoms with van der Waals surface area (Å²) in [6, 6.07) is 10.6. The number of amides is 4. The first-order valence-corrected chi connectivity index (χ1v) is 9.76. The predicted octanol–water partition coefficient (Wildman–Crippen LogP) is 2.59. The molecule has 2 aliphatic rings. The molecule has 0 saturated carbocycles. The van der Waals surface area contributed by atoms with E-state index < -0.39 is 29.9 Å². The van der Waals surface area contributed by atoms with Gasteiger partial charge in [-0.1, -0.05) is 23.8 Å². The minimum absolute atomic E-state index is 0.178. The number of carbonyl (C=O) groups is 3. The van der Waals surface area contributed by atoms with Gasteiger partial charge in [0.25, 0.3) is 5.91 Å². The van der Waals surface area contributed by atoms with E-state index in [1.54, 1.807) is 38.1 Å². The molecule has 0 radical (unpaired) electrons. The highest BCUT2D eigenvalue weighted by atomic mass is 16.7. The first kappa shape index (κ1) is 19.8. The molecule has 8 heteroatoms. The lowest BCUT2D eigenvalue weighted by Gasteiger charge is -2.22. The van der Waals surface area contributed by atoms with Crippen molar-refractivity contribution in [3.8, 4) is 11.5 Å². The zero-order valence-electron chi connectivity index (χ0n) is 17.0. The number of urea groups is 1. The first-order valence-electron chi connectivity index (χ1n) is 9.76.